The summed E-state index contributed by atoms with van der Waals surface area (Å²) in [5.41, 5.74) is 0.865. The van der Waals surface area contributed by atoms with E-state index in [1.807, 2.05) is 25.1 Å². The van der Waals surface area contributed by atoms with Crippen molar-refractivity contribution in [2.45, 2.75) is 13.3 Å². The van der Waals surface area contributed by atoms with Crippen molar-refractivity contribution in [2.24, 2.45) is 0 Å². The SMILES string of the molecule is CCc1nc(Nc2ccc(C(=O)c3ccccc3)nn2)nc(N2CCN(C)CC2)n1. The maximum Gasteiger partial charge on any atom is 0.233 e. The summed E-state index contributed by atoms with van der Waals surface area (Å²) in [5, 5.41) is 11.3. The monoisotopic (exact) mass is 404 g/mol. The molecule has 1 aliphatic rings. The Morgan fingerprint density at radius 1 is 0.967 bits per heavy atom. The van der Waals surface area contributed by atoms with Crippen molar-refractivity contribution < 1.29 is 4.79 Å². The summed E-state index contributed by atoms with van der Waals surface area (Å²) in [6.45, 7) is 5.70. The second-order valence-electron chi connectivity index (χ2n) is 7.14. The van der Waals surface area contributed by atoms with E-state index < -0.39 is 0 Å². The number of anilines is 3. The molecule has 1 fully saturated rings. The lowest BCUT2D eigenvalue weighted by Gasteiger charge is -2.32. The van der Waals surface area contributed by atoms with E-state index in [4.69, 9.17) is 0 Å². The first-order chi connectivity index (χ1) is 14.6. The molecule has 2 aromatic heterocycles. The summed E-state index contributed by atoms with van der Waals surface area (Å²) >= 11 is 0. The number of aryl methyl sites for hydroxylation is 1. The van der Waals surface area contributed by atoms with Crippen LogP contribution in [-0.4, -0.2) is 69.1 Å². The minimum absolute atomic E-state index is 0.166. The zero-order valence-electron chi connectivity index (χ0n) is 17.1. The summed E-state index contributed by atoms with van der Waals surface area (Å²) < 4.78 is 0. The normalized spacial score (nSPS) is 14.5. The van der Waals surface area contributed by atoms with E-state index in [1.54, 1.807) is 24.3 Å². The fraction of sp³-hybridized carbons (Fsp3) is 0.333. The van der Waals surface area contributed by atoms with Crippen LogP contribution in [0.1, 0.15) is 28.8 Å². The smallest absolute Gasteiger partial charge is 0.233 e. The van der Waals surface area contributed by atoms with E-state index in [0.29, 0.717) is 35.5 Å². The first-order valence-corrected chi connectivity index (χ1v) is 10.0. The predicted molar refractivity (Wildman–Crippen MR) is 114 cm³/mol. The zero-order chi connectivity index (χ0) is 20.9. The van der Waals surface area contributed by atoms with Crippen LogP contribution < -0.4 is 10.2 Å². The molecule has 1 saturated heterocycles. The van der Waals surface area contributed by atoms with E-state index >= 15 is 0 Å². The van der Waals surface area contributed by atoms with E-state index in [9.17, 15) is 4.79 Å². The van der Waals surface area contributed by atoms with Crippen LogP contribution in [0.15, 0.2) is 42.5 Å². The van der Waals surface area contributed by atoms with Gasteiger partial charge < -0.3 is 15.1 Å². The number of benzene rings is 1. The van der Waals surface area contributed by atoms with Crippen molar-refractivity contribution in [3.63, 3.8) is 0 Å². The molecule has 0 unspecified atom stereocenters. The first kappa shape index (κ1) is 19.8. The van der Waals surface area contributed by atoms with Crippen LogP contribution in [0.3, 0.4) is 0 Å². The summed E-state index contributed by atoms with van der Waals surface area (Å²) in [6.07, 6.45) is 0.703. The van der Waals surface area contributed by atoms with Crippen molar-refractivity contribution >= 4 is 23.5 Å². The minimum atomic E-state index is -0.166. The van der Waals surface area contributed by atoms with Gasteiger partial charge in [0.25, 0.3) is 0 Å². The summed E-state index contributed by atoms with van der Waals surface area (Å²) in [6, 6.07) is 12.4. The number of carbonyl (C=O) groups excluding carboxylic acids is 1. The lowest BCUT2D eigenvalue weighted by molar-refractivity contribution is 0.103. The lowest BCUT2D eigenvalue weighted by Crippen LogP contribution is -2.45. The number of piperazine rings is 1. The molecule has 0 amide bonds. The molecule has 9 heteroatoms. The summed E-state index contributed by atoms with van der Waals surface area (Å²) in [7, 11) is 2.11. The van der Waals surface area contributed by atoms with Crippen LogP contribution in [0.4, 0.5) is 17.7 Å². The molecule has 0 spiro atoms. The van der Waals surface area contributed by atoms with E-state index in [1.165, 1.54) is 0 Å². The van der Waals surface area contributed by atoms with E-state index in [0.717, 1.165) is 26.2 Å². The lowest BCUT2D eigenvalue weighted by atomic mass is 10.1. The minimum Gasteiger partial charge on any atom is -0.338 e. The van der Waals surface area contributed by atoms with Crippen LogP contribution in [0.5, 0.6) is 0 Å². The molecule has 154 valence electrons. The standard InChI is InChI=1S/C21H24N8O/c1-3-17-22-20(25-21(24-17)29-13-11-28(2)12-14-29)23-18-10-9-16(26-27-18)19(30)15-7-5-4-6-8-15/h4-10H,3,11-14H2,1-2H3,(H,22,23,24,25,27). The van der Waals surface area contributed by atoms with Gasteiger partial charge in [0.1, 0.15) is 11.5 Å². The Bertz CT molecular complexity index is 1000. The predicted octanol–water partition coefficient (Wildman–Crippen LogP) is 1.95. The second-order valence-corrected chi connectivity index (χ2v) is 7.14. The van der Waals surface area contributed by atoms with Crippen molar-refractivity contribution in [1.82, 2.24) is 30.0 Å². The Kier molecular flexibility index (Phi) is 5.89. The van der Waals surface area contributed by atoms with Crippen LogP contribution in [-0.2, 0) is 6.42 Å². The maximum absolute atomic E-state index is 12.5. The highest BCUT2D eigenvalue weighted by Gasteiger charge is 2.18. The Morgan fingerprint density at radius 2 is 1.73 bits per heavy atom. The first-order valence-electron chi connectivity index (χ1n) is 10.0. The number of nitrogens with one attached hydrogen (secondary N) is 1. The third-order valence-electron chi connectivity index (χ3n) is 4.95. The Hall–Kier alpha value is -3.46. The molecule has 0 aliphatic carbocycles. The molecular weight excluding hydrogens is 380 g/mol. The molecule has 4 rings (SSSR count). The third kappa shape index (κ3) is 4.57. The molecule has 3 aromatic rings. The number of carbonyl (C=O) groups is 1. The molecule has 9 nitrogen and oxygen atoms in total. The fourth-order valence-electron chi connectivity index (χ4n) is 3.14. The van der Waals surface area contributed by atoms with Gasteiger partial charge in [0, 0.05) is 38.2 Å². The zero-order valence-corrected chi connectivity index (χ0v) is 17.1. The van der Waals surface area contributed by atoms with Gasteiger partial charge in [-0.05, 0) is 19.2 Å². The van der Waals surface area contributed by atoms with Gasteiger partial charge in [-0.1, -0.05) is 37.3 Å². The number of hydrogen-bond donors (Lipinski definition) is 1. The molecule has 1 aromatic carbocycles. The number of nitrogens with zero attached hydrogens (tertiary/aromatic N) is 7. The molecule has 0 atom stereocenters. The Labute approximate surface area is 175 Å². The summed E-state index contributed by atoms with van der Waals surface area (Å²) in [5.74, 6) is 2.11. The van der Waals surface area contributed by atoms with E-state index in [-0.39, 0.29) is 11.5 Å². The van der Waals surface area contributed by atoms with Gasteiger partial charge in [0.2, 0.25) is 17.7 Å². The molecule has 30 heavy (non-hydrogen) atoms. The Morgan fingerprint density at radius 3 is 2.40 bits per heavy atom. The quantitative estimate of drug-likeness (QED) is 0.618. The van der Waals surface area contributed by atoms with Gasteiger partial charge in [-0.2, -0.15) is 15.0 Å². The van der Waals surface area contributed by atoms with Crippen molar-refractivity contribution in [1.29, 1.82) is 0 Å². The Balaban J connectivity index is 1.51. The summed E-state index contributed by atoms with van der Waals surface area (Å²) in [4.78, 5) is 30.5. The number of rotatable bonds is 6. The topological polar surface area (TPSA) is 100 Å². The van der Waals surface area contributed by atoms with Gasteiger partial charge >= 0.3 is 0 Å². The van der Waals surface area contributed by atoms with E-state index in [2.05, 4.69) is 47.3 Å². The van der Waals surface area contributed by atoms with Gasteiger partial charge in [-0.25, -0.2) is 0 Å². The van der Waals surface area contributed by atoms with Crippen LogP contribution >= 0.6 is 0 Å². The highest BCUT2D eigenvalue weighted by molar-refractivity contribution is 6.07. The number of likely N-dealkylation sites (N-methyl/N-ethyl adjacent to an activating group) is 1. The molecule has 1 aliphatic heterocycles. The average Bonchev–Trinajstić information content (AvgIpc) is 2.80. The molecule has 1 N–H and O–H groups in total. The maximum atomic E-state index is 12.5. The molecular formula is C21H24N8O. The molecule has 0 bridgehead atoms. The highest BCUT2D eigenvalue weighted by atomic mass is 16.1. The van der Waals surface area contributed by atoms with Crippen LogP contribution in [0, 0.1) is 0 Å². The largest absolute Gasteiger partial charge is 0.338 e. The van der Waals surface area contributed by atoms with Crippen molar-refractivity contribution in [3.8, 4) is 0 Å². The van der Waals surface area contributed by atoms with Crippen molar-refractivity contribution in [3.05, 3.63) is 59.5 Å². The second kappa shape index (κ2) is 8.91. The number of hydrogen-bond acceptors (Lipinski definition) is 9. The van der Waals surface area contributed by atoms with Crippen LogP contribution in [0.2, 0.25) is 0 Å². The van der Waals surface area contributed by atoms with Gasteiger partial charge in [0.05, 0.1) is 0 Å². The van der Waals surface area contributed by atoms with Gasteiger partial charge in [-0.3, -0.25) is 4.79 Å². The van der Waals surface area contributed by atoms with Crippen LogP contribution in [0.25, 0.3) is 0 Å². The molecule has 3 heterocycles. The third-order valence-corrected chi connectivity index (χ3v) is 4.95. The van der Waals surface area contributed by atoms with Gasteiger partial charge in [-0.15, -0.1) is 10.2 Å². The van der Waals surface area contributed by atoms with Crippen molar-refractivity contribution in [2.75, 3.05) is 43.4 Å². The van der Waals surface area contributed by atoms with Gasteiger partial charge in [0.15, 0.2) is 5.82 Å². The number of ketones is 1. The highest BCUT2D eigenvalue weighted by Crippen LogP contribution is 2.16. The molecule has 0 radical (unpaired) electrons. The average molecular weight is 404 g/mol. The number of aromatic nitrogens is 5. The molecule has 0 saturated carbocycles. The fourth-order valence-corrected chi connectivity index (χ4v) is 3.14.